The van der Waals surface area contributed by atoms with Gasteiger partial charge < -0.3 is 20.1 Å². The number of hydrogen-bond donors (Lipinski definition) is 2. The molecule has 2 rings (SSSR count). The smallest absolute Gasteiger partial charge is 0.319 e. The molecule has 0 saturated carbocycles. The predicted molar refractivity (Wildman–Crippen MR) is 101 cm³/mol. The minimum atomic E-state index is -0.270. The number of benzene rings is 2. The number of amides is 2. The first-order valence-electron chi connectivity index (χ1n) is 8.31. The summed E-state index contributed by atoms with van der Waals surface area (Å²) in [6.45, 7) is 5.40. The number of carbonyl (C=O) groups excluding carboxylic acids is 1. The summed E-state index contributed by atoms with van der Waals surface area (Å²) >= 11 is 5.95. The fourth-order valence-corrected chi connectivity index (χ4v) is 2.53. The van der Waals surface area contributed by atoms with E-state index in [1.165, 1.54) is 0 Å². The number of carbonyl (C=O) groups is 1. The summed E-state index contributed by atoms with van der Waals surface area (Å²) in [7, 11) is 0. The van der Waals surface area contributed by atoms with Crippen molar-refractivity contribution < 1.29 is 14.3 Å². The van der Waals surface area contributed by atoms with E-state index in [4.69, 9.17) is 21.1 Å². The van der Waals surface area contributed by atoms with E-state index in [1.807, 2.05) is 38.1 Å². The topological polar surface area (TPSA) is 59.6 Å². The van der Waals surface area contributed by atoms with Crippen molar-refractivity contribution in [2.24, 2.45) is 0 Å². The third-order valence-corrected chi connectivity index (χ3v) is 3.62. The molecule has 0 spiro atoms. The molecule has 6 heteroatoms. The third-order valence-electron chi connectivity index (χ3n) is 3.39. The molecule has 0 aromatic heterocycles. The van der Waals surface area contributed by atoms with E-state index < -0.39 is 0 Å². The van der Waals surface area contributed by atoms with Crippen molar-refractivity contribution >= 4 is 23.3 Å². The summed E-state index contributed by atoms with van der Waals surface area (Å²) in [6, 6.07) is 12.6. The molecule has 0 aliphatic carbocycles. The molecule has 0 radical (unpaired) electrons. The van der Waals surface area contributed by atoms with Crippen LogP contribution in [0.5, 0.6) is 11.5 Å². The fourth-order valence-electron chi connectivity index (χ4n) is 2.32. The molecular weight excluding hydrogens is 340 g/mol. The lowest BCUT2D eigenvalue weighted by Gasteiger charge is -2.13. The molecule has 0 aliphatic rings. The van der Waals surface area contributed by atoms with Crippen molar-refractivity contribution in [3.63, 3.8) is 0 Å². The standard InChI is InChI=1S/C19H23ClN2O3/c1-3-24-17-9-8-16(13-18(17)25-4-2)22-19(23)21-11-10-14-6-5-7-15(20)12-14/h5-9,12-13H,3-4,10-11H2,1-2H3,(H2,21,22,23). The number of halogens is 1. The van der Waals surface area contributed by atoms with Crippen molar-refractivity contribution in [1.29, 1.82) is 0 Å². The van der Waals surface area contributed by atoms with Gasteiger partial charge in [0.15, 0.2) is 11.5 Å². The summed E-state index contributed by atoms with van der Waals surface area (Å²) in [6.07, 6.45) is 0.710. The van der Waals surface area contributed by atoms with Gasteiger partial charge in [-0.2, -0.15) is 0 Å². The highest BCUT2D eigenvalue weighted by molar-refractivity contribution is 6.30. The number of anilines is 1. The summed E-state index contributed by atoms with van der Waals surface area (Å²) < 4.78 is 11.1. The Kier molecular flexibility index (Phi) is 7.41. The number of urea groups is 1. The molecule has 2 N–H and O–H groups in total. The van der Waals surface area contributed by atoms with Crippen molar-refractivity contribution in [2.75, 3.05) is 25.1 Å². The molecule has 0 saturated heterocycles. The van der Waals surface area contributed by atoms with E-state index in [9.17, 15) is 4.79 Å². The second kappa shape index (κ2) is 9.79. The molecule has 0 bridgehead atoms. The molecule has 0 atom stereocenters. The highest BCUT2D eigenvalue weighted by Crippen LogP contribution is 2.30. The molecule has 2 aromatic carbocycles. The van der Waals surface area contributed by atoms with E-state index >= 15 is 0 Å². The Morgan fingerprint density at radius 1 is 1.04 bits per heavy atom. The maximum atomic E-state index is 12.0. The van der Waals surface area contributed by atoms with Gasteiger partial charge in [-0.05, 0) is 50.1 Å². The second-order valence-corrected chi connectivity index (χ2v) is 5.72. The Morgan fingerprint density at radius 3 is 2.52 bits per heavy atom. The molecule has 5 nitrogen and oxygen atoms in total. The van der Waals surface area contributed by atoms with Gasteiger partial charge in [0.1, 0.15) is 0 Å². The zero-order valence-corrected chi connectivity index (χ0v) is 15.2. The quantitative estimate of drug-likeness (QED) is 0.726. The number of rotatable bonds is 8. The Morgan fingerprint density at radius 2 is 1.80 bits per heavy atom. The van der Waals surface area contributed by atoms with Crippen LogP contribution in [0.1, 0.15) is 19.4 Å². The lowest BCUT2D eigenvalue weighted by Crippen LogP contribution is -2.30. The number of ether oxygens (including phenoxy) is 2. The summed E-state index contributed by atoms with van der Waals surface area (Å²) in [4.78, 5) is 12.0. The second-order valence-electron chi connectivity index (χ2n) is 5.29. The van der Waals surface area contributed by atoms with Crippen molar-refractivity contribution in [2.45, 2.75) is 20.3 Å². The van der Waals surface area contributed by atoms with Crippen LogP contribution in [0.25, 0.3) is 0 Å². The van der Waals surface area contributed by atoms with E-state index in [-0.39, 0.29) is 6.03 Å². The van der Waals surface area contributed by atoms with Crippen LogP contribution in [0.3, 0.4) is 0 Å². The van der Waals surface area contributed by atoms with Gasteiger partial charge in [-0.25, -0.2) is 4.79 Å². The SMILES string of the molecule is CCOc1ccc(NC(=O)NCCc2cccc(Cl)c2)cc1OCC. The average Bonchev–Trinajstić information content (AvgIpc) is 2.58. The maximum Gasteiger partial charge on any atom is 0.319 e. The van der Waals surface area contributed by atoms with Crippen LogP contribution in [0.15, 0.2) is 42.5 Å². The van der Waals surface area contributed by atoms with Gasteiger partial charge in [0.25, 0.3) is 0 Å². The van der Waals surface area contributed by atoms with Crippen LogP contribution in [0.4, 0.5) is 10.5 Å². The first kappa shape index (κ1) is 18.9. The average molecular weight is 363 g/mol. The van der Waals surface area contributed by atoms with Crippen LogP contribution in [0.2, 0.25) is 5.02 Å². The molecule has 2 aromatic rings. The number of hydrogen-bond acceptors (Lipinski definition) is 3. The van der Waals surface area contributed by atoms with Gasteiger partial charge in [-0.1, -0.05) is 23.7 Å². The first-order valence-corrected chi connectivity index (χ1v) is 8.69. The predicted octanol–water partition coefficient (Wildman–Crippen LogP) is 4.50. The first-order chi connectivity index (χ1) is 12.1. The highest BCUT2D eigenvalue weighted by Gasteiger charge is 2.08. The van der Waals surface area contributed by atoms with Crippen molar-refractivity contribution in [3.8, 4) is 11.5 Å². The van der Waals surface area contributed by atoms with Crippen molar-refractivity contribution in [3.05, 3.63) is 53.1 Å². The zero-order valence-electron chi connectivity index (χ0n) is 14.5. The summed E-state index contributed by atoms with van der Waals surface area (Å²) in [5, 5.41) is 6.32. The minimum absolute atomic E-state index is 0.270. The maximum absolute atomic E-state index is 12.0. The van der Waals surface area contributed by atoms with Crippen LogP contribution in [-0.2, 0) is 6.42 Å². The Hall–Kier alpha value is -2.40. The van der Waals surface area contributed by atoms with E-state index in [0.717, 1.165) is 5.56 Å². The molecule has 25 heavy (non-hydrogen) atoms. The van der Waals surface area contributed by atoms with Gasteiger partial charge in [-0.3, -0.25) is 0 Å². The van der Waals surface area contributed by atoms with Crippen LogP contribution in [-0.4, -0.2) is 25.8 Å². The fraction of sp³-hybridized carbons (Fsp3) is 0.316. The number of nitrogens with one attached hydrogen (secondary N) is 2. The molecular formula is C19H23ClN2O3. The van der Waals surface area contributed by atoms with Gasteiger partial charge in [-0.15, -0.1) is 0 Å². The van der Waals surface area contributed by atoms with Crippen LogP contribution >= 0.6 is 11.6 Å². The molecule has 0 fully saturated rings. The highest BCUT2D eigenvalue weighted by atomic mass is 35.5. The summed E-state index contributed by atoms with van der Waals surface area (Å²) in [5.41, 5.74) is 1.72. The molecule has 2 amide bonds. The minimum Gasteiger partial charge on any atom is -0.490 e. The molecule has 0 unspecified atom stereocenters. The van der Waals surface area contributed by atoms with Gasteiger partial charge in [0.2, 0.25) is 0 Å². The molecule has 0 heterocycles. The van der Waals surface area contributed by atoms with Gasteiger partial charge >= 0.3 is 6.03 Å². The normalized spacial score (nSPS) is 10.2. The van der Waals surface area contributed by atoms with Gasteiger partial charge in [0.05, 0.1) is 13.2 Å². The molecule has 134 valence electrons. The van der Waals surface area contributed by atoms with Crippen LogP contribution in [0, 0.1) is 0 Å². The zero-order chi connectivity index (χ0) is 18.1. The van der Waals surface area contributed by atoms with Crippen molar-refractivity contribution in [1.82, 2.24) is 5.32 Å². The Bertz CT molecular complexity index is 707. The lowest BCUT2D eigenvalue weighted by atomic mass is 10.1. The summed E-state index contributed by atoms with van der Waals surface area (Å²) in [5.74, 6) is 1.28. The Balaban J connectivity index is 1.88. The van der Waals surface area contributed by atoms with Crippen LogP contribution < -0.4 is 20.1 Å². The monoisotopic (exact) mass is 362 g/mol. The lowest BCUT2D eigenvalue weighted by molar-refractivity contribution is 0.252. The van der Waals surface area contributed by atoms with E-state index in [1.54, 1.807) is 18.2 Å². The van der Waals surface area contributed by atoms with Gasteiger partial charge in [0, 0.05) is 23.3 Å². The van der Waals surface area contributed by atoms with E-state index in [2.05, 4.69) is 10.6 Å². The van der Waals surface area contributed by atoms with E-state index in [0.29, 0.717) is 48.4 Å². The third kappa shape index (κ3) is 6.19. The molecule has 0 aliphatic heterocycles. The Labute approximate surface area is 153 Å². The largest absolute Gasteiger partial charge is 0.490 e.